The van der Waals surface area contributed by atoms with Crippen LogP contribution in [0.25, 0.3) is 11.1 Å². The molecule has 31 heavy (non-hydrogen) atoms. The number of carbonyl (C=O) groups excluding carboxylic acids is 1. The molecule has 1 amide bonds. The molecule has 1 atom stereocenters. The van der Waals surface area contributed by atoms with Gasteiger partial charge in [0.15, 0.2) is 0 Å². The van der Waals surface area contributed by atoms with Crippen LogP contribution in [0.4, 0.5) is 0 Å². The Morgan fingerprint density at radius 3 is 2.65 bits per heavy atom. The quantitative estimate of drug-likeness (QED) is 0.696. The predicted octanol–water partition coefficient (Wildman–Crippen LogP) is 2.78. The summed E-state index contributed by atoms with van der Waals surface area (Å²) in [6.45, 7) is 7.45. The fraction of sp³-hybridized carbons (Fsp3) is 0.348. The smallest absolute Gasteiger partial charge is 0.242 e. The third kappa shape index (κ3) is 4.86. The van der Waals surface area contributed by atoms with Crippen LogP contribution in [0.2, 0.25) is 0 Å². The third-order valence-corrected chi connectivity index (χ3v) is 4.99. The molecule has 1 aliphatic rings. The molecule has 0 saturated heterocycles. The Morgan fingerprint density at radius 1 is 1.13 bits per heavy atom. The molecule has 1 unspecified atom stereocenters. The molecule has 0 radical (unpaired) electrons. The molecule has 3 heterocycles. The summed E-state index contributed by atoms with van der Waals surface area (Å²) in [7, 11) is 0. The number of benzene rings is 1. The maximum atomic E-state index is 13.4. The molecule has 0 spiro atoms. The van der Waals surface area contributed by atoms with E-state index in [2.05, 4.69) is 36.2 Å². The standard InChI is InChI=1S/C23H26N6O2/c1-23(2,3)28-21(30)20-19-12-26-15-27-22(19)31-9-8-29(20)13-16-6-4-5-7-18(16)17-10-24-14-25-11-17/h4-7,10-12,14-15,20H,8-9,13H2,1-3H3,(H,28,30). The van der Waals surface area contributed by atoms with Crippen LogP contribution in [0.3, 0.4) is 0 Å². The molecular weight excluding hydrogens is 392 g/mol. The Labute approximate surface area is 181 Å². The van der Waals surface area contributed by atoms with Crippen LogP contribution < -0.4 is 10.1 Å². The molecule has 8 nitrogen and oxygen atoms in total. The first-order valence-corrected chi connectivity index (χ1v) is 10.2. The van der Waals surface area contributed by atoms with Crippen molar-refractivity contribution in [2.45, 2.75) is 38.9 Å². The first kappa shape index (κ1) is 20.9. The van der Waals surface area contributed by atoms with Crippen LogP contribution in [-0.4, -0.2) is 49.4 Å². The summed E-state index contributed by atoms with van der Waals surface area (Å²) in [4.78, 5) is 32.2. The second-order valence-electron chi connectivity index (χ2n) is 8.53. The van der Waals surface area contributed by atoms with Crippen molar-refractivity contribution in [2.75, 3.05) is 13.2 Å². The zero-order valence-electron chi connectivity index (χ0n) is 17.9. The van der Waals surface area contributed by atoms with E-state index in [4.69, 9.17) is 4.74 Å². The highest BCUT2D eigenvalue weighted by molar-refractivity contribution is 5.84. The van der Waals surface area contributed by atoms with Crippen molar-refractivity contribution in [1.82, 2.24) is 30.2 Å². The summed E-state index contributed by atoms with van der Waals surface area (Å²) in [6, 6.07) is 7.53. The normalized spacial score (nSPS) is 16.7. The summed E-state index contributed by atoms with van der Waals surface area (Å²) < 4.78 is 5.85. The summed E-state index contributed by atoms with van der Waals surface area (Å²) in [5.41, 5.74) is 3.34. The minimum absolute atomic E-state index is 0.102. The predicted molar refractivity (Wildman–Crippen MR) is 116 cm³/mol. The van der Waals surface area contributed by atoms with Gasteiger partial charge in [0.1, 0.15) is 25.3 Å². The highest BCUT2D eigenvalue weighted by atomic mass is 16.5. The molecule has 8 heteroatoms. The van der Waals surface area contributed by atoms with Gasteiger partial charge in [0, 0.05) is 42.8 Å². The van der Waals surface area contributed by atoms with Crippen LogP contribution >= 0.6 is 0 Å². The Bertz CT molecular complexity index is 1050. The topological polar surface area (TPSA) is 93.1 Å². The molecule has 1 aliphatic heterocycles. The van der Waals surface area contributed by atoms with Crippen LogP contribution in [0.5, 0.6) is 5.88 Å². The molecule has 4 rings (SSSR count). The zero-order chi connectivity index (χ0) is 21.8. The van der Waals surface area contributed by atoms with Gasteiger partial charge in [-0.05, 0) is 31.9 Å². The zero-order valence-corrected chi connectivity index (χ0v) is 17.9. The molecule has 0 saturated carbocycles. The largest absolute Gasteiger partial charge is 0.476 e. The van der Waals surface area contributed by atoms with E-state index < -0.39 is 6.04 Å². The van der Waals surface area contributed by atoms with E-state index in [0.29, 0.717) is 31.1 Å². The lowest BCUT2D eigenvalue weighted by Crippen LogP contribution is -2.47. The van der Waals surface area contributed by atoms with E-state index in [1.165, 1.54) is 12.7 Å². The lowest BCUT2D eigenvalue weighted by atomic mass is 9.99. The van der Waals surface area contributed by atoms with Gasteiger partial charge in [0.2, 0.25) is 11.8 Å². The van der Waals surface area contributed by atoms with Crippen molar-refractivity contribution < 1.29 is 9.53 Å². The number of hydrogen-bond donors (Lipinski definition) is 1. The highest BCUT2D eigenvalue weighted by Gasteiger charge is 2.35. The summed E-state index contributed by atoms with van der Waals surface area (Å²) >= 11 is 0. The van der Waals surface area contributed by atoms with Gasteiger partial charge in [0.25, 0.3) is 0 Å². The summed E-state index contributed by atoms with van der Waals surface area (Å²) in [6.07, 6.45) is 8.22. The first-order chi connectivity index (χ1) is 14.9. The second kappa shape index (κ2) is 8.77. The van der Waals surface area contributed by atoms with Gasteiger partial charge >= 0.3 is 0 Å². The number of nitrogens with one attached hydrogen (secondary N) is 1. The van der Waals surface area contributed by atoms with Gasteiger partial charge in [-0.1, -0.05) is 24.3 Å². The molecular formula is C23H26N6O2. The molecule has 1 aromatic carbocycles. The van der Waals surface area contributed by atoms with E-state index in [0.717, 1.165) is 16.7 Å². The van der Waals surface area contributed by atoms with E-state index in [9.17, 15) is 4.79 Å². The van der Waals surface area contributed by atoms with E-state index >= 15 is 0 Å². The Balaban J connectivity index is 1.72. The second-order valence-corrected chi connectivity index (χ2v) is 8.53. The number of amides is 1. The molecule has 1 N–H and O–H groups in total. The van der Waals surface area contributed by atoms with Gasteiger partial charge in [-0.15, -0.1) is 0 Å². The molecule has 0 fully saturated rings. The lowest BCUT2D eigenvalue weighted by molar-refractivity contribution is -0.128. The van der Waals surface area contributed by atoms with E-state index in [1.54, 1.807) is 18.6 Å². The Kier molecular flexibility index (Phi) is 5.90. The van der Waals surface area contributed by atoms with Crippen LogP contribution in [0.15, 0.2) is 55.5 Å². The third-order valence-electron chi connectivity index (χ3n) is 4.99. The van der Waals surface area contributed by atoms with E-state index in [1.807, 2.05) is 39.0 Å². The molecule has 0 bridgehead atoms. The first-order valence-electron chi connectivity index (χ1n) is 10.2. The average Bonchev–Trinajstić information content (AvgIpc) is 2.92. The van der Waals surface area contributed by atoms with Crippen molar-refractivity contribution >= 4 is 5.91 Å². The maximum Gasteiger partial charge on any atom is 0.242 e. The monoisotopic (exact) mass is 418 g/mol. The maximum absolute atomic E-state index is 13.4. The lowest BCUT2D eigenvalue weighted by Gasteiger charge is -2.32. The van der Waals surface area contributed by atoms with Gasteiger partial charge in [-0.3, -0.25) is 9.69 Å². The van der Waals surface area contributed by atoms with Crippen molar-refractivity contribution in [3.8, 4) is 17.0 Å². The van der Waals surface area contributed by atoms with Crippen molar-refractivity contribution in [3.63, 3.8) is 0 Å². The van der Waals surface area contributed by atoms with Crippen molar-refractivity contribution in [2.24, 2.45) is 0 Å². The van der Waals surface area contributed by atoms with Crippen molar-refractivity contribution in [1.29, 1.82) is 0 Å². The number of fused-ring (bicyclic) bond motifs is 1. The van der Waals surface area contributed by atoms with Crippen LogP contribution in [-0.2, 0) is 11.3 Å². The van der Waals surface area contributed by atoms with Gasteiger partial charge in [-0.2, -0.15) is 0 Å². The molecule has 0 aliphatic carbocycles. The van der Waals surface area contributed by atoms with Crippen LogP contribution in [0, 0.1) is 0 Å². The number of hydrogen-bond acceptors (Lipinski definition) is 7. The van der Waals surface area contributed by atoms with Crippen molar-refractivity contribution in [3.05, 3.63) is 66.6 Å². The summed E-state index contributed by atoms with van der Waals surface area (Å²) in [5, 5.41) is 3.11. The van der Waals surface area contributed by atoms with Gasteiger partial charge in [0.05, 0.1) is 5.56 Å². The number of nitrogens with zero attached hydrogens (tertiary/aromatic N) is 5. The number of rotatable bonds is 4. The summed E-state index contributed by atoms with van der Waals surface area (Å²) in [5.74, 6) is 0.353. The number of aromatic nitrogens is 4. The molecule has 160 valence electrons. The minimum atomic E-state index is -0.571. The molecule has 3 aromatic rings. The average molecular weight is 419 g/mol. The Hall–Kier alpha value is -3.39. The fourth-order valence-electron chi connectivity index (χ4n) is 3.73. The van der Waals surface area contributed by atoms with Gasteiger partial charge in [-0.25, -0.2) is 19.9 Å². The fourth-order valence-corrected chi connectivity index (χ4v) is 3.73. The number of carbonyl (C=O) groups is 1. The molecule has 2 aromatic heterocycles. The van der Waals surface area contributed by atoms with Gasteiger partial charge < -0.3 is 10.1 Å². The SMILES string of the molecule is CC(C)(C)NC(=O)C1c2cncnc2OCCN1Cc1ccccc1-c1cncnc1. The minimum Gasteiger partial charge on any atom is -0.476 e. The van der Waals surface area contributed by atoms with E-state index in [-0.39, 0.29) is 11.4 Å². The number of ether oxygens (including phenoxy) is 1. The van der Waals surface area contributed by atoms with Crippen LogP contribution in [0.1, 0.15) is 37.9 Å². The Morgan fingerprint density at radius 2 is 1.87 bits per heavy atom. The highest BCUT2D eigenvalue weighted by Crippen LogP contribution is 2.33.